The Morgan fingerprint density at radius 2 is 2.05 bits per heavy atom. The SMILES string of the molecule is COC(=O)C1=C(C)OC(=N)C(C#N)C1c1ccc(Cl)cc1. The van der Waals surface area contributed by atoms with Gasteiger partial charge in [-0.1, -0.05) is 23.7 Å². The van der Waals surface area contributed by atoms with Gasteiger partial charge in [0.1, 0.15) is 11.7 Å². The molecule has 2 rings (SSSR count). The van der Waals surface area contributed by atoms with E-state index in [1.807, 2.05) is 6.07 Å². The molecule has 1 aromatic rings. The highest BCUT2D eigenvalue weighted by molar-refractivity contribution is 6.30. The smallest absolute Gasteiger partial charge is 0.337 e. The van der Waals surface area contributed by atoms with Gasteiger partial charge >= 0.3 is 5.97 Å². The number of methoxy groups -OCH3 is 1. The molecule has 0 fully saturated rings. The fraction of sp³-hybridized carbons (Fsp3) is 0.267. The molecule has 108 valence electrons. The number of allylic oxidation sites excluding steroid dienone is 1. The van der Waals surface area contributed by atoms with E-state index in [4.69, 9.17) is 26.5 Å². The Morgan fingerprint density at radius 3 is 2.57 bits per heavy atom. The summed E-state index contributed by atoms with van der Waals surface area (Å²) >= 11 is 5.87. The molecule has 1 aliphatic rings. The highest BCUT2D eigenvalue weighted by Crippen LogP contribution is 2.39. The second-order valence-corrected chi connectivity index (χ2v) is 5.00. The first-order chi connectivity index (χ1) is 9.99. The molecule has 2 unspecified atom stereocenters. The van der Waals surface area contributed by atoms with Crippen molar-refractivity contribution in [1.82, 2.24) is 0 Å². The number of esters is 1. The van der Waals surface area contributed by atoms with E-state index in [9.17, 15) is 10.1 Å². The third-order valence-electron chi connectivity index (χ3n) is 3.34. The topological polar surface area (TPSA) is 83.2 Å². The van der Waals surface area contributed by atoms with E-state index in [0.29, 0.717) is 10.6 Å². The second-order valence-electron chi connectivity index (χ2n) is 4.56. The molecular weight excluding hydrogens is 292 g/mol. The molecular formula is C15H13ClN2O3. The van der Waals surface area contributed by atoms with Gasteiger partial charge in [0.25, 0.3) is 0 Å². The molecule has 0 spiro atoms. The molecule has 1 aliphatic heterocycles. The van der Waals surface area contributed by atoms with E-state index < -0.39 is 17.8 Å². The van der Waals surface area contributed by atoms with Crippen LogP contribution in [0.3, 0.4) is 0 Å². The molecule has 1 N–H and O–H groups in total. The van der Waals surface area contributed by atoms with Crippen molar-refractivity contribution >= 4 is 23.5 Å². The Morgan fingerprint density at radius 1 is 1.43 bits per heavy atom. The Bertz CT molecular complexity index is 658. The van der Waals surface area contributed by atoms with Gasteiger partial charge in [0.05, 0.1) is 18.8 Å². The second kappa shape index (κ2) is 5.98. The first kappa shape index (κ1) is 15.1. The van der Waals surface area contributed by atoms with Crippen LogP contribution in [0, 0.1) is 22.7 Å². The summed E-state index contributed by atoms with van der Waals surface area (Å²) in [5.41, 5.74) is 0.959. The van der Waals surface area contributed by atoms with Gasteiger partial charge in [-0.25, -0.2) is 4.79 Å². The molecule has 0 radical (unpaired) electrons. The van der Waals surface area contributed by atoms with Crippen molar-refractivity contribution in [3.8, 4) is 6.07 Å². The summed E-state index contributed by atoms with van der Waals surface area (Å²) in [4.78, 5) is 12.0. The summed E-state index contributed by atoms with van der Waals surface area (Å²) in [6, 6.07) is 8.83. The number of nitrogens with one attached hydrogen (secondary N) is 1. The Labute approximate surface area is 127 Å². The van der Waals surface area contributed by atoms with Crippen molar-refractivity contribution in [3.63, 3.8) is 0 Å². The lowest BCUT2D eigenvalue weighted by atomic mass is 9.79. The minimum atomic E-state index is -0.885. The summed E-state index contributed by atoms with van der Waals surface area (Å²) in [6.07, 6.45) is 0. The highest BCUT2D eigenvalue weighted by Gasteiger charge is 2.40. The summed E-state index contributed by atoms with van der Waals surface area (Å²) in [5.74, 6) is -1.97. The number of benzene rings is 1. The number of ether oxygens (including phenoxy) is 2. The number of hydrogen-bond donors (Lipinski definition) is 1. The molecule has 21 heavy (non-hydrogen) atoms. The predicted molar refractivity (Wildman–Crippen MR) is 76.8 cm³/mol. The van der Waals surface area contributed by atoms with Gasteiger partial charge in [-0.3, -0.25) is 5.41 Å². The average molecular weight is 305 g/mol. The van der Waals surface area contributed by atoms with Crippen molar-refractivity contribution in [2.75, 3.05) is 7.11 Å². The molecule has 1 heterocycles. The molecule has 0 bridgehead atoms. The minimum Gasteiger partial charge on any atom is -0.466 e. The predicted octanol–water partition coefficient (Wildman–Crippen LogP) is 3.02. The van der Waals surface area contributed by atoms with Crippen LogP contribution >= 0.6 is 11.6 Å². The first-order valence-electron chi connectivity index (χ1n) is 6.20. The monoisotopic (exact) mass is 304 g/mol. The quantitative estimate of drug-likeness (QED) is 0.851. The zero-order valence-electron chi connectivity index (χ0n) is 11.5. The van der Waals surface area contributed by atoms with Gasteiger partial charge in [-0.15, -0.1) is 0 Å². The van der Waals surface area contributed by atoms with Crippen LogP contribution in [0.4, 0.5) is 0 Å². The first-order valence-corrected chi connectivity index (χ1v) is 6.57. The Balaban J connectivity index is 2.61. The highest BCUT2D eigenvalue weighted by atomic mass is 35.5. The van der Waals surface area contributed by atoms with Gasteiger partial charge in [0.15, 0.2) is 0 Å². The number of hydrogen-bond acceptors (Lipinski definition) is 5. The molecule has 0 saturated carbocycles. The van der Waals surface area contributed by atoms with E-state index in [2.05, 4.69) is 0 Å². The lowest BCUT2D eigenvalue weighted by molar-refractivity contribution is -0.136. The third-order valence-corrected chi connectivity index (χ3v) is 3.59. The van der Waals surface area contributed by atoms with Gasteiger partial charge in [0.2, 0.25) is 5.90 Å². The van der Waals surface area contributed by atoms with Crippen molar-refractivity contribution in [2.24, 2.45) is 5.92 Å². The van der Waals surface area contributed by atoms with Gasteiger partial charge in [-0.05, 0) is 24.6 Å². The third kappa shape index (κ3) is 2.76. The number of rotatable bonds is 2. The maximum absolute atomic E-state index is 12.0. The maximum Gasteiger partial charge on any atom is 0.337 e. The van der Waals surface area contributed by atoms with Crippen LogP contribution in [0.5, 0.6) is 0 Å². The molecule has 0 amide bonds. The number of carbonyl (C=O) groups is 1. The van der Waals surface area contributed by atoms with Crippen LogP contribution in [0.1, 0.15) is 18.4 Å². The average Bonchev–Trinajstić information content (AvgIpc) is 2.46. The molecule has 0 aliphatic carbocycles. The standard InChI is InChI=1S/C15H13ClN2O3/c1-8-12(15(19)20-2)13(11(7-17)14(18)21-8)9-3-5-10(16)6-4-9/h3-6,11,13,18H,1-2H3. The van der Waals surface area contributed by atoms with Gasteiger partial charge < -0.3 is 9.47 Å². The number of halogens is 1. The van der Waals surface area contributed by atoms with Crippen LogP contribution in [0.15, 0.2) is 35.6 Å². The molecule has 0 aromatic heterocycles. The molecule has 5 nitrogen and oxygen atoms in total. The van der Waals surface area contributed by atoms with E-state index in [0.717, 1.165) is 0 Å². The van der Waals surface area contributed by atoms with E-state index in [-0.39, 0.29) is 17.2 Å². The number of carbonyl (C=O) groups excluding carboxylic acids is 1. The van der Waals surface area contributed by atoms with E-state index in [1.165, 1.54) is 7.11 Å². The summed E-state index contributed by atoms with van der Waals surface area (Å²) in [5, 5.41) is 17.7. The molecule has 1 aromatic carbocycles. The van der Waals surface area contributed by atoms with Crippen LogP contribution in [-0.4, -0.2) is 19.0 Å². The van der Waals surface area contributed by atoms with Crippen molar-refractivity contribution in [1.29, 1.82) is 10.7 Å². The lowest BCUT2D eigenvalue weighted by Crippen LogP contribution is -2.32. The van der Waals surface area contributed by atoms with Crippen LogP contribution < -0.4 is 0 Å². The zero-order valence-corrected chi connectivity index (χ0v) is 12.3. The van der Waals surface area contributed by atoms with Gasteiger partial charge in [0, 0.05) is 10.9 Å². The van der Waals surface area contributed by atoms with Crippen LogP contribution in [-0.2, 0) is 14.3 Å². The van der Waals surface area contributed by atoms with E-state index >= 15 is 0 Å². The lowest BCUT2D eigenvalue weighted by Gasteiger charge is -2.30. The Hall–Kier alpha value is -2.32. The minimum absolute atomic E-state index is 0.178. The Kier molecular flexibility index (Phi) is 4.29. The largest absolute Gasteiger partial charge is 0.466 e. The fourth-order valence-corrected chi connectivity index (χ4v) is 2.49. The van der Waals surface area contributed by atoms with Crippen molar-refractivity contribution in [3.05, 3.63) is 46.2 Å². The summed E-state index contributed by atoms with van der Waals surface area (Å²) in [6.45, 7) is 1.58. The zero-order chi connectivity index (χ0) is 15.6. The maximum atomic E-state index is 12.0. The van der Waals surface area contributed by atoms with E-state index in [1.54, 1.807) is 31.2 Å². The fourth-order valence-electron chi connectivity index (χ4n) is 2.36. The molecule has 2 atom stereocenters. The molecule has 0 saturated heterocycles. The normalized spacial score (nSPS) is 21.5. The van der Waals surface area contributed by atoms with Crippen molar-refractivity contribution < 1.29 is 14.3 Å². The van der Waals surface area contributed by atoms with Crippen molar-refractivity contribution in [2.45, 2.75) is 12.8 Å². The number of nitriles is 1. The number of nitrogens with zero attached hydrogens (tertiary/aromatic N) is 1. The molecule has 6 heteroatoms. The van der Waals surface area contributed by atoms with Crippen LogP contribution in [0.2, 0.25) is 5.02 Å². The van der Waals surface area contributed by atoms with Gasteiger partial charge in [-0.2, -0.15) is 5.26 Å². The summed E-state index contributed by atoms with van der Waals surface area (Å²) in [7, 11) is 1.27. The summed E-state index contributed by atoms with van der Waals surface area (Å²) < 4.78 is 10.00. The van der Waals surface area contributed by atoms with Crippen LogP contribution in [0.25, 0.3) is 0 Å².